The molecule has 94 valence electrons. The van der Waals surface area contributed by atoms with Gasteiger partial charge < -0.3 is 4.57 Å². The normalized spacial score (nSPS) is 10.6. The molecule has 5 heteroatoms. The molecular weight excluding hydrogens is 238 g/mol. The molecular formula is C13H12F2N2O. The highest BCUT2D eigenvalue weighted by Gasteiger charge is 2.13. The zero-order valence-electron chi connectivity index (χ0n) is 9.86. The first kappa shape index (κ1) is 12.4. The lowest BCUT2D eigenvalue weighted by atomic mass is 10.1. The van der Waals surface area contributed by atoms with Crippen molar-refractivity contribution in [2.24, 2.45) is 0 Å². The van der Waals surface area contributed by atoms with Crippen LogP contribution in [-0.4, -0.2) is 15.3 Å². The maximum atomic E-state index is 13.0. The number of benzene rings is 1. The number of Topliss-reactive ketones (excluding diaryl/α,β-unsaturated/α-hetero) is 1. The van der Waals surface area contributed by atoms with Crippen molar-refractivity contribution in [1.82, 2.24) is 9.55 Å². The molecule has 0 aliphatic heterocycles. The van der Waals surface area contributed by atoms with Crippen LogP contribution >= 0.6 is 0 Å². The molecule has 0 radical (unpaired) electrons. The Morgan fingerprint density at radius 2 is 2.11 bits per heavy atom. The monoisotopic (exact) mass is 250 g/mol. The molecule has 0 fully saturated rings. The van der Waals surface area contributed by atoms with E-state index in [1.807, 2.05) is 11.5 Å². The van der Waals surface area contributed by atoms with Crippen molar-refractivity contribution in [3.63, 3.8) is 0 Å². The lowest BCUT2D eigenvalue weighted by Gasteiger charge is -2.04. The van der Waals surface area contributed by atoms with Gasteiger partial charge in [-0.25, -0.2) is 13.8 Å². The average Bonchev–Trinajstić information content (AvgIpc) is 2.79. The van der Waals surface area contributed by atoms with Crippen LogP contribution in [0.1, 0.15) is 23.1 Å². The summed E-state index contributed by atoms with van der Waals surface area (Å²) in [4.78, 5) is 16.0. The number of aromatic nitrogens is 2. The first-order valence-corrected chi connectivity index (χ1v) is 5.60. The number of ketones is 1. The van der Waals surface area contributed by atoms with Crippen LogP contribution in [0.2, 0.25) is 0 Å². The molecule has 0 spiro atoms. The van der Waals surface area contributed by atoms with Crippen LogP contribution in [0, 0.1) is 11.6 Å². The van der Waals surface area contributed by atoms with Crippen molar-refractivity contribution < 1.29 is 13.6 Å². The molecule has 2 rings (SSSR count). The van der Waals surface area contributed by atoms with Gasteiger partial charge in [0.15, 0.2) is 17.4 Å². The summed E-state index contributed by atoms with van der Waals surface area (Å²) < 4.78 is 27.6. The van der Waals surface area contributed by atoms with Gasteiger partial charge in [-0.05, 0) is 25.1 Å². The number of halogens is 2. The summed E-state index contributed by atoms with van der Waals surface area (Å²) in [6.07, 6.45) is 3.46. The van der Waals surface area contributed by atoms with Crippen LogP contribution in [0.3, 0.4) is 0 Å². The second kappa shape index (κ2) is 5.08. The van der Waals surface area contributed by atoms with Crippen molar-refractivity contribution in [2.45, 2.75) is 19.9 Å². The summed E-state index contributed by atoms with van der Waals surface area (Å²) in [5, 5.41) is 0. The first-order chi connectivity index (χ1) is 8.61. The van der Waals surface area contributed by atoms with Crippen molar-refractivity contribution in [1.29, 1.82) is 0 Å². The number of nitrogens with zero attached hydrogens (tertiary/aromatic N) is 2. The number of hydrogen-bond acceptors (Lipinski definition) is 2. The van der Waals surface area contributed by atoms with Crippen LogP contribution < -0.4 is 0 Å². The molecule has 3 nitrogen and oxygen atoms in total. The van der Waals surface area contributed by atoms with E-state index in [2.05, 4.69) is 4.98 Å². The lowest BCUT2D eigenvalue weighted by Crippen LogP contribution is -2.10. The molecule has 0 aliphatic rings. The Morgan fingerprint density at radius 1 is 1.33 bits per heavy atom. The van der Waals surface area contributed by atoms with Crippen molar-refractivity contribution in [3.8, 4) is 0 Å². The van der Waals surface area contributed by atoms with Crippen LogP contribution in [0.25, 0.3) is 0 Å². The Labute approximate surface area is 103 Å². The van der Waals surface area contributed by atoms with E-state index >= 15 is 0 Å². The van der Waals surface area contributed by atoms with E-state index in [9.17, 15) is 13.6 Å². The third kappa shape index (κ3) is 2.45. The number of carbonyl (C=O) groups is 1. The minimum atomic E-state index is -1.01. The zero-order valence-corrected chi connectivity index (χ0v) is 9.86. The molecule has 0 N–H and O–H groups in total. The Hall–Kier alpha value is -2.04. The molecule has 0 unspecified atom stereocenters. The molecule has 1 aromatic carbocycles. The standard InChI is InChI=1S/C13H12F2N2O/c1-2-17-6-5-16-13(17)8-12(18)9-3-4-10(14)11(15)7-9/h3-7H,2,8H2,1H3. The topological polar surface area (TPSA) is 34.9 Å². The Balaban J connectivity index is 2.19. The maximum Gasteiger partial charge on any atom is 0.170 e. The van der Waals surface area contributed by atoms with Gasteiger partial charge in [0.25, 0.3) is 0 Å². The van der Waals surface area contributed by atoms with Crippen LogP contribution in [0.4, 0.5) is 8.78 Å². The highest BCUT2D eigenvalue weighted by atomic mass is 19.2. The highest BCUT2D eigenvalue weighted by molar-refractivity contribution is 5.97. The fourth-order valence-corrected chi connectivity index (χ4v) is 1.71. The number of aryl methyl sites for hydroxylation is 1. The van der Waals surface area contributed by atoms with Crippen molar-refractivity contribution in [2.75, 3.05) is 0 Å². The van der Waals surface area contributed by atoms with Gasteiger partial charge in [0, 0.05) is 24.5 Å². The zero-order chi connectivity index (χ0) is 13.1. The van der Waals surface area contributed by atoms with Crippen molar-refractivity contribution in [3.05, 3.63) is 53.6 Å². The number of rotatable bonds is 4. The summed E-state index contributed by atoms with van der Waals surface area (Å²) in [6.45, 7) is 2.65. The van der Waals surface area contributed by atoms with Crippen LogP contribution in [0.15, 0.2) is 30.6 Å². The van der Waals surface area contributed by atoms with E-state index in [4.69, 9.17) is 0 Å². The Kier molecular flexibility index (Phi) is 3.50. The predicted molar refractivity (Wildman–Crippen MR) is 62.3 cm³/mol. The van der Waals surface area contributed by atoms with Crippen LogP contribution in [0.5, 0.6) is 0 Å². The lowest BCUT2D eigenvalue weighted by molar-refractivity contribution is 0.0989. The largest absolute Gasteiger partial charge is 0.335 e. The second-order valence-electron chi connectivity index (χ2n) is 3.86. The third-order valence-electron chi connectivity index (χ3n) is 2.70. The van der Waals surface area contributed by atoms with E-state index < -0.39 is 11.6 Å². The van der Waals surface area contributed by atoms with Gasteiger partial charge in [-0.3, -0.25) is 4.79 Å². The minimum absolute atomic E-state index is 0.0753. The average molecular weight is 250 g/mol. The molecule has 0 atom stereocenters. The molecule has 2 aromatic rings. The molecule has 0 amide bonds. The van der Waals surface area contributed by atoms with Crippen LogP contribution in [-0.2, 0) is 13.0 Å². The minimum Gasteiger partial charge on any atom is -0.335 e. The second-order valence-corrected chi connectivity index (χ2v) is 3.86. The Morgan fingerprint density at radius 3 is 2.78 bits per heavy atom. The van der Waals surface area contributed by atoms with Gasteiger partial charge in [0.2, 0.25) is 0 Å². The van der Waals surface area contributed by atoms with Gasteiger partial charge >= 0.3 is 0 Å². The summed E-state index contributed by atoms with van der Waals surface area (Å²) >= 11 is 0. The molecule has 18 heavy (non-hydrogen) atoms. The SMILES string of the molecule is CCn1ccnc1CC(=O)c1ccc(F)c(F)c1. The smallest absolute Gasteiger partial charge is 0.170 e. The van der Waals surface area contributed by atoms with E-state index in [0.29, 0.717) is 12.4 Å². The third-order valence-corrected chi connectivity index (χ3v) is 2.70. The summed E-state index contributed by atoms with van der Waals surface area (Å²) in [5.41, 5.74) is 0.152. The van der Waals surface area contributed by atoms with E-state index in [1.54, 1.807) is 12.4 Å². The maximum absolute atomic E-state index is 13.0. The molecule has 1 heterocycles. The first-order valence-electron chi connectivity index (χ1n) is 5.60. The Bertz CT molecular complexity index is 578. The molecule has 0 saturated carbocycles. The van der Waals surface area contributed by atoms with Gasteiger partial charge in [-0.15, -0.1) is 0 Å². The number of carbonyl (C=O) groups excluding carboxylic acids is 1. The van der Waals surface area contributed by atoms with Gasteiger partial charge in [0.1, 0.15) is 5.82 Å². The van der Waals surface area contributed by atoms with Gasteiger partial charge in [0.05, 0.1) is 6.42 Å². The summed E-state index contributed by atoms with van der Waals surface area (Å²) in [7, 11) is 0. The van der Waals surface area contributed by atoms with E-state index in [0.717, 1.165) is 12.1 Å². The van der Waals surface area contributed by atoms with Crippen molar-refractivity contribution >= 4 is 5.78 Å². The summed E-state index contributed by atoms with van der Waals surface area (Å²) in [6, 6.07) is 3.14. The van der Waals surface area contributed by atoms with Gasteiger partial charge in [-0.2, -0.15) is 0 Å². The fraction of sp³-hybridized carbons (Fsp3) is 0.231. The molecule has 0 bridgehead atoms. The number of imidazole rings is 1. The molecule has 0 aliphatic carbocycles. The summed E-state index contributed by atoms with van der Waals surface area (Å²) in [5.74, 6) is -1.64. The molecule has 0 saturated heterocycles. The predicted octanol–water partition coefficient (Wildman–Crippen LogP) is 2.61. The quantitative estimate of drug-likeness (QED) is 0.782. The fourth-order valence-electron chi connectivity index (χ4n) is 1.71. The number of hydrogen-bond donors (Lipinski definition) is 0. The van der Waals surface area contributed by atoms with E-state index in [1.165, 1.54) is 6.07 Å². The molecule has 1 aromatic heterocycles. The van der Waals surface area contributed by atoms with Gasteiger partial charge in [-0.1, -0.05) is 0 Å². The van der Waals surface area contributed by atoms with E-state index in [-0.39, 0.29) is 17.8 Å². The highest BCUT2D eigenvalue weighted by Crippen LogP contribution is 2.11.